The van der Waals surface area contributed by atoms with Gasteiger partial charge in [0.15, 0.2) is 0 Å². The smallest absolute Gasteiger partial charge is 0.346 e. The van der Waals surface area contributed by atoms with Crippen LogP contribution in [0.2, 0.25) is 0 Å². The predicted molar refractivity (Wildman–Crippen MR) is 187 cm³/mol. The van der Waals surface area contributed by atoms with Gasteiger partial charge in [0, 0.05) is 38.6 Å². The highest BCUT2D eigenvalue weighted by Crippen LogP contribution is 2.65. The lowest BCUT2D eigenvalue weighted by atomic mass is 9.83. The van der Waals surface area contributed by atoms with Crippen LogP contribution < -0.4 is 21.3 Å². The summed E-state index contributed by atoms with van der Waals surface area (Å²) in [5, 5.41) is 10.4. The van der Waals surface area contributed by atoms with Crippen molar-refractivity contribution in [1.82, 2.24) is 30.5 Å². The van der Waals surface area contributed by atoms with Gasteiger partial charge in [-0.25, -0.2) is 13.2 Å². The topological polar surface area (TPSA) is 174 Å². The summed E-state index contributed by atoms with van der Waals surface area (Å²) in [6, 6.07) is -5.24. The van der Waals surface area contributed by atoms with E-state index in [0.29, 0.717) is 25.8 Å². The molecule has 13 nitrogen and oxygen atoms in total. The first-order valence-corrected chi connectivity index (χ1v) is 19.8. The Bertz CT molecular complexity index is 1490. The number of halogens is 3. The molecule has 4 N–H and O–H groups in total. The molecule has 5 amide bonds. The largest absolute Gasteiger partial charge is 0.389 e. The zero-order chi connectivity index (χ0) is 38.8. The van der Waals surface area contributed by atoms with Gasteiger partial charge >= 0.3 is 12.2 Å². The first kappa shape index (κ1) is 41.5. The third kappa shape index (κ3) is 9.85. The first-order valence-electron chi connectivity index (χ1n) is 18.2. The summed E-state index contributed by atoms with van der Waals surface area (Å²) in [5.41, 5.74) is -0.931. The number of alkyl halides is 3. The van der Waals surface area contributed by atoms with Gasteiger partial charge in [-0.05, 0) is 54.3 Å². The number of hydrogen-bond acceptors (Lipinski definition) is 7. The average Bonchev–Trinajstić information content (AvgIpc) is 3.34. The van der Waals surface area contributed by atoms with Crippen LogP contribution in [-0.4, -0.2) is 109 Å². The van der Waals surface area contributed by atoms with Gasteiger partial charge in [0.2, 0.25) is 27.6 Å². The molecule has 2 saturated heterocycles. The van der Waals surface area contributed by atoms with Crippen molar-refractivity contribution in [2.24, 2.45) is 28.6 Å². The lowest BCUT2D eigenvalue weighted by Gasteiger charge is -2.38. The second-order valence-electron chi connectivity index (χ2n) is 16.4. The van der Waals surface area contributed by atoms with Crippen LogP contribution >= 0.6 is 0 Å². The molecule has 0 aromatic rings. The van der Waals surface area contributed by atoms with Crippen LogP contribution in [0.15, 0.2) is 12.7 Å². The van der Waals surface area contributed by atoms with E-state index in [0.717, 1.165) is 19.3 Å². The highest BCUT2D eigenvalue weighted by Gasteiger charge is 2.69. The number of nitrogens with zero attached hydrogens (tertiary/aromatic N) is 2. The average molecular weight is 761 g/mol. The number of urea groups is 1. The Morgan fingerprint density at radius 2 is 1.63 bits per heavy atom. The Balaban J connectivity index is 1.57. The minimum Gasteiger partial charge on any atom is -0.346 e. The Kier molecular flexibility index (Phi) is 12.8. The zero-order valence-corrected chi connectivity index (χ0v) is 31.6. The maximum atomic E-state index is 14.5. The van der Waals surface area contributed by atoms with Gasteiger partial charge in [-0.2, -0.15) is 17.5 Å². The monoisotopic (exact) mass is 760 g/mol. The summed E-state index contributed by atoms with van der Waals surface area (Å²) in [6.07, 6.45) is -1.27. The van der Waals surface area contributed by atoms with Crippen molar-refractivity contribution < 1.29 is 45.6 Å². The van der Waals surface area contributed by atoms with Crippen molar-refractivity contribution in [2.45, 2.75) is 116 Å². The third-order valence-corrected chi connectivity index (χ3v) is 13.3. The van der Waals surface area contributed by atoms with Gasteiger partial charge in [0.05, 0.1) is 11.8 Å². The van der Waals surface area contributed by atoms with E-state index in [1.165, 1.54) is 15.3 Å². The van der Waals surface area contributed by atoms with Gasteiger partial charge in [0.25, 0.3) is 5.91 Å². The van der Waals surface area contributed by atoms with E-state index >= 15 is 0 Å². The van der Waals surface area contributed by atoms with Crippen LogP contribution in [0.1, 0.15) is 86.0 Å². The molecule has 17 heteroatoms. The molecule has 4 rings (SSSR count). The summed E-state index contributed by atoms with van der Waals surface area (Å²) in [7, 11) is -3.44. The van der Waals surface area contributed by atoms with Gasteiger partial charge in [-0.3, -0.25) is 19.2 Å². The number of fused-ring (bicyclic) bond motifs is 1. The van der Waals surface area contributed by atoms with Gasteiger partial charge in [0.1, 0.15) is 12.1 Å². The maximum absolute atomic E-state index is 14.5. The Morgan fingerprint density at radius 3 is 2.19 bits per heavy atom. The van der Waals surface area contributed by atoms with Gasteiger partial charge < -0.3 is 26.2 Å². The normalized spacial score (nSPS) is 26.0. The lowest BCUT2D eigenvalue weighted by Crippen LogP contribution is -2.61. The number of nitrogens with one attached hydrogen (secondary N) is 4. The van der Waals surface area contributed by atoms with E-state index in [4.69, 9.17) is 0 Å². The molecule has 0 aromatic carbocycles. The number of ketones is 1. The molecule has 0 bridgehead atoms. The summed E-state index contributed by atoms with van der Waals surface area (Å²) in [4.78, 5) is 69.1. The summed E-state index contributed by atoms with van der Waals surface area (Å²) < 4.78 is 66.3. The number of Topliss-reactive ketones (excluding diaryl/α,β-unsaturated/α-hetero) is 1. The minimum absolute atomic E-state index is 0.0391. The molecule has 0 spiro atoms. The molecule has 6 atom stereocenters. The summed E-state index contributed by atoms with van der Waals surface area (Å²) in [6.45, 7) is 13.4. The molecule has 0 radical (unpaired) electrons. The van der Waals surface area contributed by atoms with Crippen molar-refractivity contribution in [3.8, 4) is 0 Å². The molecule has 2 heterocycles. The predicted octanol–water partition coefficient (Wildman–Crippen LogP) is 2.87. The number of piperidine rings is 1. The van der Waals surface area contributed by atoms with Crippen molar-refractivity contribution in [1.29, 1.82) is 0 Å². The van der Waals surface area contributed by atoms with Gasteiger partial charge in [-0.15, -0.1) is 6.58 Å². The maximum Gasteiger partial charge on any atom is 0.389 e. The molecule has 0 aromatic heterocycles. The van der Waals surface area contributed by atoms with Crippen LogP contribution in [-0.2, 0) is 29.2 Å². The summed E-state index contributed by atoms with van der Waals surface area (Å²) in [5.74, 6) is -4.45. The highest BCUT2D eigenvalue weighted by molar-refractivity contribution is 7.89. The fourth-order valence-electron chi connectivity index (χ4n) is 8.06. The number of hydrogen-bond donors (Lipinski definition) is 4. The molecular formula is C35H55F3N6O7S. The van der Waals surface area contributed by atoms with E-state index in [9.17, 15) is 45.6 Å². The van der Waals surface area contributed by atoms with E-state index in [2.05, 4.69) is 27.8 Å². The Labute approximate surface area is 304 Å². The SMILES string of the molecule is C=CCNC(=O)C(=O)C(CCC(F)(F)F)NC(=O)[C@@H]1[C@@H]2[C@H](CN1C(=O)[C@@H](NC(=O)N[C@H](CN1CCCS1(=O)=O)C(C)(C)C)C1CCCCC1)C2(C)C. The number of rotatable bonds is 14. The highest BCUT2D eigenvalue weighted by atomic mass is 32.2. The van der Waals surface area contributed by atoms with Crippen LogP contribution in [0.3, 0.4) is 0 Å². The fraction of sp³-hybridized carbons (Fsp3) is 0.800. The molecule has 294 valence electrons. The molecule has 4 aliphatic rings. The van der Waals surface area contributed by atoms with E-state index in [-0.39, 0.29) is 48.6 Å². The quantitative estimate of drug-likeness (QED) is 0.156. The standard InChI is InChI=1S/C35H55F3N6O7S/c1-7-16-39-30(47)28(45)23(14-15-35(36,37)38)40-29(46)27-25-22(34(25,5)6)19-44(27)31(48)26(21-12-9-8-10-13-21)42-32(49)41-24(33(2,3)4)20-43-17-11-18-52(43,50)51/h7,21-27H,1,8-20H2,2-6H3,(H,39,47)(H,40,46)(H2,41,42,49)/t22-,23?,24+,25-,26-,27-/m0/s1. The third-order valence-electron chi connectivity index (χ3n) is 11.4. The molecule has 52 heavy (non-hydrogen) atoms. The zero-order valence-electron chi connectivity index (χ0n) is 30.8. The van der Waals surface area contributed by atoms with Crippen molar-refractivity contribution in [2.75, 3.05) is 31.9 Å². The van der Waals surface area contributed by atoms with Crippen molar-refractivity contribution in [3.05, 3.63) is 12.7 Å². The van der Waals surface area contributed by atoms with Crippen molar-refractivity contribution in [3.63, 3.8) is 0 Å². The number of amides is 5. The molecule has 1 unspecified atom stereocenters. The Morgan fingerprint density at radius 1 is 0.981 bits per heavy atom. The van der Waals surface area contributed by atoms with Gasteiger partial charge in [-0.1, -0.05) is 60.0 Å². The number of likely N-dealkylation sites (tertiary alicyclic amines) is 1. The van der Waals surface area contributed by atoms with E-state index in [1.807, 2.05) is 34.6 Å². The van der Waals surface area contributed by atoms with Crippen LogP contribution in [0, 0.1) is 28.6 Å². The van der Waals surface area contributed by atoms with Crippen LogP contribution in [0.25, 0.3) is 0 Å². The number of carbonyl (C=O) groups is 5. The van der Waals surface area contributed by atoms with E-state index < -0.39 is 88.2 Å². The van der Waals surface area contributed by atoms with E-state index in [1.54, 1.807) is 0 Å². The number of carbonyl (C=O) groups excluding carboxylic acids is 5. The summed E-state index contributed by atoms with van der Waals surface area (Å²) >= 11 is 0. The van der Waals surface area contributed by atoms with Crippen LogP contribution in [0.5, 0.6) is 0 Å². The Hall–Kier alpha value is -3.21. The fourth-order valence-corrected chi connectivity index (χ4v) is 9.60. The molecular weight excluding hydrogens is 705 g/mol. The molecule has 2 saturated carbocycles. The molecule has 4 fully saturated rings. The second-order valence-corrected chi connectivity index (χ2v) is 18.5. The second kappa shape index (κ2) is 16.0. The first-order chi connectivity index (χ1) is 24.1. The molecule has 2 aliphatic carbocycles. The molecule has 2 aliphatic heterocycles. The minimum atomic E-state index is -4.66. The van der Waals surface area contributed by atoms with Crippen molar-refractivity contribution >= 4 is 39.6 Å². The number of sulfonamides is 1. The van der Waals surface area contributed by atoms with Crippen LogP contribution in [0.4, 0.5) is 18.0 Å². The lowest BCUT2D eigenvalue weighted by molar-refractivity contribution is -0.147.